The van der Waals surface area contributed by atoms with Gasteiger partial charge in [-0.05, 0) is 307 Å². The van der Waals surface area contributed by atoms with Crippen molar-refractivity contribution in [3.05, 3.63) is 11.1 Å². The molecule has 2 aliphatic carbocycles. The molecule has 6 atom stereocenters. The van der Waals surface area contributed by atoms with Gasteiger partial charge in [0.2, 0.25) is 0 Å². The van der Waals surface area contributed by atoms with Gasteiger partial charge in [0.15, 0.2) is 5.78 Å². The molecule has 6 unspecified atom stereocenters. The second kappa shape index (κ2) is 56.1. The lowest BCUT2D eigenvalue weighted by Crippen LogP contribution is -2.48. The smallest absolute Gasteiger partial charge is 0.162 e. The summed E-state index contributed by atoms with van der Waals surface area (Å²) in [5.74, 6) is 99.2. The first-order chi connectivity index (χ1) is 41.5. The summed E-state index contributed by atoms with van der Waals surface area (Å²) in [6.07, 6.45) is 34.4. The van der Waals surface area contributed by atoms with Crippen molar-refractivity contribution in [1.29, 1.82) is 0 Å². The highest BCUT2D eigenvalue weighted by Crippen LogP contribution is 2.60. The number of terminal acetylenes is 2. The van der Waals surface area contributed by atoms with Crippen molar-refractivity contribution in [3.8, 4) is 238 Å². The number of hydrogen-bond donors (Lipinski definition) is 0. The lowest BCUT2D eigenvalue weighted by molar-refractivity contribution is -0.128. The van der Waals surface area contributed by atoms with Gasteiger partial charge in [-0.2, -0.15) is 0 Å². The Bertz CT molecular complexity index is 3340. The van der Waals surface area contributed by atoms with Gasteiger partial charge < -0.3 is 5.48 Å². The quantitative estimate of drug-likeness (QED) is 0.126. The van der Waals surface area contributed by atoms with Crippen molar-refractivity contribution >= 4 is 5.78 Å². The highest BCUT2D eigenvalue weighted by atomic mass is 16.1. The summed E-state index contributed by atoms with van der Waals surface area (Å²) >= 11 is 0. The van der Waals surface area contributed by atoms with Gasteiger partial charge in [0.05, 0.1) is 0 Å². The Labute approximate surface area is 528 Å². The van der Waals surface area contributed by atoms with E-state index in [4.69, 9.17) is 12.8 Å². The highest BCUT2D eigenvalue weighted by Gasteiger charge is 2.52. The van der Waals surface area contributed by atoms with E-state index in [9.17, 15) is 4.79 Å². The topological polar surface area (TPSA) is 48.6 Å². The van der Waals surface area contributed by atoms with Crippen molar-refractivity contribution in [2.45, 2.75) is 219 Å². The van der Waals surface area contributed by atoms with Gasteiger partial charge in [-0.1, -0.05) is 165 Å². The number of ketones is 1. The summed E-state index contributed by atoms with van der Waals surface area (Å²) in [6, 6.07) is 0. The summed E-state index contributed by atoms with van der Waals surface area (Å²) in [7, 11) is 0. The van der Waals surface area contributed by atoms with Crippen LogP contribution < -0.4 is 0 Å². The van der Waals surface area contributed by atoms with E-state index in [1.54, 1.807) is 13.8 Å². The largest absolute Gasteiger partial charge is 0.412 e. The van der Waals surface area contributed by atoms with Crippen LogP contribution in [0.25, 0.3) is 0 Å². The Hall–Kier alpha value is -9.43. The van der Waals surface area contributed by atoms with E-state index in [2.05, 4.69) is 308 Å². The number of carbonyl (C=O) groups excluding carboxylic acids is 1. The van der Waals surface area contributed by atoms with Crippen LogP contribution in [0.1, 0.15) is 220 Å². The third-order valence-electron chi connectivity index (χ3n) is 15.1. The minimum Gasteiger partial charge on any atom is -0.412 e. The first kappa shape index (κ1) is 80.8. The SMILES string of the molecule is C#CC#CC#CC#CC#CC#CC#CC#CC#CC#CC.C#CC#CC#CC#CC#CC#CC#CC#CC#CC#CC.CCCC1=C(CC)C(=O)C(CC)C(CCC)(CCC)C1CC.CCCC1C(CC)CC(CC)C(CCC)(CCC)C1CC.O.[HH]. The van der Waals surface area contributed by atoms with Crippen LogP contribution in [0.15, 0.2) is 11.1 Å². The van der Waals surface area contributed by atoms with Crippen LogP contribution in [0.4, 0.5) is 0 Å². The molecule has 2 N–H and O–H groups in total. The van der Waals surface area contributed by atoms with Gasteiger partial charge in [-0.3, -0.25) is 4.79 Å². The second-order valence-corrected chi connectivity index (χ2v) is 19.9. The molecule has 2 rings (SSSR count). The van der Waals surface area contributed by atoms with Crippen molar-refractivity contribution in [3.63, 3.8) is 0 Å². The monoisotopic (exact) mass is 1130 g/mol. The van der Waals surface area contributed by atoms with Crippen LogP contribution in [-0.4, -0.2) is 11.3 Å². The molecule has 0 aliphatic heterocycles. The Kier molecular flexibility index (Phi) is 52.7. The summed E-state index contributed by atoms with van der Waals surface area (Å²) < 4.78 is 0. The third-order valence-corrected chi connectivity index (χ3v) is 15.1. The second-order valence-electron chi connectivity index (χ2n) is 19.9. The van der Waals surface area contributed by atoms with Crippen molar-refractivity contribution in [2.75, 3.05) is 0 Å². The van der Waals surface area contributed by atoms with Gasteiger partial charge in [-0.15, -0.1) is 12.8 Å². The molecule has 0 aromatic heterocycles. The zero-order chi connectivity index (χ0) is 63.5. The summed E-state index contributed by atoms with van der Waals surface area (Å²) in [4.78, 5) is 13.2. The van der Waals surface area contributed by atoms with Crippen molar-refractivity contribution in [2.24, 2.45) is 46.3 Å². The van der Waals surface area contributed by atoms with Crippen LogP contribution in [0.2, 0.25) is 0 Å². The zero-order valence-electron chi connectivity index (χ0n) is 54.5. The van der Waals surface area contributed by atoms with Crippen LogP contribution in [-0.2, 0) is 4.79 Å². The average molecular weight is 1130 g/mol. The lowest BCUT2D eigenvalue weighted by Gasteiger charge is -2.57. The summed E-state index contributed by atoms with van der Waals surface area (Å²) in [5.41, 5.74) is 3.62. The molecule has 2 nitrogen and oxygen atoms in total. The minimum atomic E-state index is 0. The number of hydrogen-bond acceptors (Lipinski definition) is 1. The van der Waals surface area contributed by atoms with Gasteiger partial charge >= 0.3 is 0 Å². The molecule has 0 bridgehead atoms. The predicted octanol–water partition coefficient (Wildman–Crippen LogP) is 14.9. The Balaban J connectivity index is -0.000000524. The summed E-state index contributed by atoms with van der Waals surface area (Å²) in [5, 5.41) is 0. The molecule has 0 amide bonds. The Morgan fingerprint density at radius 3 is 0.965 bits per heavy atom. The van der Waals surface area contributed by atoms with E-state index < -0.39 is 0 Å². The van der Waals surface area contributed by atoms with E-state index >= 15 is 0 Å². The molecule has 1 saturated carbocycles. The van der Waals surface area contributed by atoms with Crippen LogP contribution in [0, 0.1) is 284 Å². The molecule has 2 aliphatic rings. The Morgan fingerprint density at radius 2 is 0.721 bits per heavy atom. The van der Waals surface area contributed by atoms with Crippen molar-refractivity contribution in [1.82, 2.24) is 0 Å². The normalized spacial score (nSPS) is 16.1. The predicted molar refractivity (Wildman–Crippen MR) is 368 cm³/mol. The van der Waals surface area contributed by atoms with Crippen molar-refractivity contribution < 1.29 is 11.7 Å². The maximum Gasteiger partial charge on any atom is 0.162 e. The maximum atomic E-state index is 13.2. The molecule has 0 saturated heterocycles. The zero-order valence-corrected chi connectivity index (χ0v) is 54.5. The standard InChI is InChI=1S/C21H38O.C21H42.2C21H4.H2O.H2/c1-7-13-17-16(10-4)20(22)19(12-6)21(14-8-2,15-9-3)18(17)11-5;1-7-13-19-17(10-4)16-18(11-5)21(14-8-2,15-9-3)20(19)12-6;2*1-3-5-7-9-11-13-15-17-19-21-20-18-16-14-12-10-8-6-4-2;;/h18-19H,7-15H2,1-6H3;17-20H,7-16H2,1-6H3;2*1H,2H3;1H2;1H. The average Bonchev–Trinajstić information content (AvgIpc) is 0.818. The molecular weight excluding hydrogens is 1040 g/mol. The highest BCUT2D eigenvalue weighted by molar-refractivity contribution is 5.99. The lowest BCUT2D eigenvalue weighted by atomic mass is 9.48. The molecule has 2 heteroatoms. The van der Waals surface area contributed by atoms with Gasteiger partial charge in [0, 0.05) is 31.0 Å². The Morgan fingerprint density at radius 1 is 0.395 bits per heavy atom. The number of Topliss-reactive ketones (excluding diaryl/α,β-unsaturated/α-hetero) is 1. The van der Waals surface area contributed by atoms with E-state index in [0.717, 1.165) is 49.4 Å². The van der Waals surface area contributed by atoms with E-state index in [-0.39, 0.29) is 18.2 Å². The first-order valence-corrected chi connectivity index (χ1v) is 30.6. The van der Waals surface area contributed by atoms with Crippen LogP contribution in [0.5, 0.6) is 0 Å². The molecule has 0 aromatic carbocycles. The van der Waals surface area contributed by atoms with E-state index in [1.807, 2.05) is 0 Å². The fraction of sp³-hybridized carbons (Fsp3) is 0.488. The molecule has 0 radical (unpaired) electrons. The van der Waals surface area contributed by atoms with Gasteiger partial charge in [0.25, 0.3) is 0 Å². The van der Waals surface area contributed by atoms with E-state index in [1.165, 1.54) is 107 Å². The fourth-order valence-electron chi connectivity index (χ4n) is 12.7. The molecule has 1 fully saturated rings. The summed E-state index contributed by atoms with van der Waals surface area (Å²) in [6.45, 7) is 31.6. The molecular formula is C84H92O2. The molecule has 0 aromatic rings. The molecule has 86 heavy (non-hydrogen) atoms. The van der Waals surface area contributed by atoms with Crippen LogP contribution >= 0.6 is 0 Å². The number of rotatable bonds is 18. The fourth-order valence-corrected chi connectivity index (χ4v) is 12.7. The molecule has 440 valence electrons. The molecule has 0 heterocycles. The van der Waals surface area contributed by atoms with Crippen LogP contribution in [0.3, 0.4) is 0 Å². The minimum absolute atomic E-state index is 0. The van der Waals surface area contributed by atoms with Gasteiger partial charge in [-0.25, -0.2) is 0 Å². The first-order valence-electron chi connectivity index (χ1n) is 30.6. The number of allylic oxidation sites excluding steroid dienone is 2. The third kappa shape index (κ3) is 31.9. The number of carbonyl (C=O) groups is 1. The van der Waals surface area contributed by atoms with Gasteiger partial charge in [0.1, 0.15) is 0 Å². The maximum absolute atomic E-state index is 13.2. The van der Waals surface area contributed by atoms with E-state index in [0.29, 0.717) is 17.1 Å². The molecule has 0 spiro atoms.